The number of aliphatic hydroxyl groups is 1. The molecule has 1 aromatic rings. The van der Waals surface area contributed by atoms with E-state index < -0.39 is 0 Å². The van der Waals surface area contributed by atoms with E-state index in [0.717, 1.165) is 38.8 Å². The molecule has 0 aliphatic carbocycles. The zero-order chi connectivity index (χ0) is 15.5. The average molecular weight is 297 g/mol. The molecule has 0 spiro atoms. The second kappa shape index (κ2) is 10.1. The molecule has 1 aromatic heterocycles. The molecule has 21 heavy (non-hydrogen) atoms. The van der Waals surface area contributed by atoms with Crippen LogP contribution in [0.5, 0.6) is 6.01 Å². The van der Waals surface area contributed by atoms with Crippen molar-refractivity contribution in [1.82, 2.24) is 15.0 Å². The number of nitrogens with one attached hydrogen (secondary N) is 1. The minimum atomic E-state index is 0.245. The molecule has 0 bridgehead atoms. The summed E-state index contributed by atoms with van der Waals surface area (Å²) in [6, 6.07) is 0.361. The highest BCUT2D eigenvalue weighted by Gasteiger charge is 2.10. The van der Waals surface area contributed by atoms with Crippen molar-refractivity contribution in [2.45, 2.75) is 39.5 Å². The number of anilines is 2. The van der Waals surface area contributed by atoms with Gasteiger partial charge < -0.3 is 20.1 Å². The van der Waals surface area contributed by atoms with Crippen LogP contribution in [0.15, 0.2) is 0 Å². The van der Waals surface area contributed by atoms with Crippen molar-refractivity contribution in [2.24, 2.45) is 0 Å². The molecule has 0 aliphatic rings. The van der Waals surface area contributed by atoms with Crippen LogP contribution in [-0.2, 0) is 0 Å². The Hall–Kier alpha value is -1.63. The van der Waals surface area contributed by atoms with Gasteiger partial charge in [0.2, 0.25) is 11.9 Å². The maximum Gasteiger partial charge on any atom is 0.323 e. The predicted octanol–water partition coefficient (Wildman–Crippen LogP) is 1.69. The van der Waals surface area contributed by atoms with E-state index in [2.05, 4.69) is 20.3 Å². The van der Waals surface area contributed by atoms with Crippen LogP contribution in [-0.4, -0.2) is 53.4 Å². The van der Waals surface area contributed by atoms with E-state index in [4.69, 9.17) is 9.84 Å². The zero-order valence-corrected chi connectivity index (χ0v) is 13.3. The number of ether oxygens (including phenoxy) is 1. The quantitative estimate of drug-likeness (QED) is 0.601. The Morgan fingerprint density at radius 3 is 2.62 bits per heavy atom. The Morgan fingerprint density at radius 1 is 1.14 bits per heavy atom. The summed E-state index contributed by atoms with van der Waals surface area (Å²) >= 11 is 0. The lowest BCUT2D eigenvalue weighted by Crippen LogP contribution is -2.22. The van der Waals surface area contributed by atoms with Gasteiger partial charge in [-0.25, -0.2) is 0 Å². The minimum Gasteiger partial charge on any atom is -0.463 e. The average Bonchev–Trinajstić information content (AvgIpc) is 2.49. The van der Waals surface area contributed by atoms with E-state index >= 15 is 0 Å². The third-order valence-electron chi connectivity index (χ3n) is 2.87. The Bertz CT molecular complexity index is 403. The number of rotatable bonds is 11. The maximum absolute atomic E-state index is 8.79. The highest BCUT2D eigenvalue weighted by molar-refractivity contribution is 5.37. The lowest BCUT2D eigenvalue weighted by Gasteiger charge is -2.18. The first-order valence-electron chi connectivity index (χ1n) is 7.66. The summed E-state index contributed by atoms with van der Waals surface area (Å²) in [5.41, 5.74) is 0. The predicted molar refractivity (Wildman–Crippen MR) is 84.0 cm³/mol. The molecule has 120 valence electrons. The molecule has 7 nitrogen and oxygen atoms in total. The van der Waals surface area contributed by atoms with Gasteiger partial charge in [-0.3, -0.25) is 0 Å². The molecule has 0 radical (unpaired) electrons. The molecule has 0 aromatic carbocycles. The largest absolute Gasteiger partial charge is 0.463 e. The van der Waals surface area contributed by atoms with Crippen molar-refractivity contribution in [2.75, 3.05) is 43.6 Å². The maximum atomic E-state index is 8.79. The minimum absolute atomic E-state index is 0.245. The van der Waals surface area contributed by atoms with Gasteiger partial charge in [0.15, 0.2) is 0 Å². The topological polar surface area (TPSA) is 83.4 Å². The second-order valence-electron chi connectivity index (χ2n) is 4.83. The smallest absolute Gasteiger partial charge is 0.323 e. The molecule has 7 heteroatoms. The van der Waals surface area contributed by atoms with E-state index in [1.54, 1.807) is 0 Å². The first kappa shape index (κ1) is 17.4. The normalized spacial score (nSPS) is 10.5. The Balaban J connectivity index is 2.70. The Labute approximate surface area is 126 Å². The van der Waals surface area contributed by atoms with Gasteiger partial charge in [0, 0.05) is 26.7 Å². The van der Waals surface area contributed by atoms with Gasteiger partial charge in [-0.15, -0.1) is 0 Å². The van der Waals surface area contributed by atoms with E-state index in [9.17, 15) is 0 Å². The van der Waals surface area contributed by atoms with Gasteiger partial charge in [-0.2, -0.15) is 15.0 Å². The first-order valence-corrected chi connectivity index (χ1v) is 7.66. The van der Waals surface area contributed by atoms with Crippen molar-refractivity contribution < 1.29 is 9.84 Å². The van der Waals surface area contributed by atoms with Crippen LogP contribution < -0.4 is 15.0 Å². The Morgan fingerprint density at radius 2 is 1.95 bits per heavy atom. The molecular weight excluding hydrogens is 270 g/mol. The van der Waals surface area contributed by atoms with Crippen molar-refractivity contribution in [1.29, 1.82) is 0 Å². The standard InChI is InChI=1S/C14H27N5O2/c1-4-11-21-14-17-12(15-5-2)16-13(18-14)19(3)9-7-6-8-10-20/h20H,4-11H2,1-3H3,(H,15,16,17,18). The van der Waals surface area contributed by atoms with E-state index in [-0.39, 0.29) is 6.61 Å². The highest BCUT2D eigenvalue weighted by atomic mass is 16.5. The molecular formula is C14H27N5O2. The van der Waals surface area contributed by atoms with Gasteiger partial charge in [-0.1, -0.05) is 6.92 Å². The molecule has 0 fully saturated rings. The lowest BCUT2D eigenvalue weighted by atomic mass is 10.2. The van der Waals surface area contributed by atoms with Gasteiger partial charge in [-0.05, 0) is 32.6 Å². The van der Waals surface area contributed by atoms with Crippen LogP contribution in [0.2, 0.25) is 0 Å². The molecule has 0 aliphatic heterocycles. The van der Waals surface area contributed by atoms with Crippen LogP contribution in [0.3, 0.4) is 0 Å². The summed E-state index contributed by atoms with van der Waals surface area (Å²) in [7, 11) is 1.95. The van der Waals surface area contributed by atoms with Crippen LogP contribution in [0.1, 0.15) is 39.5 Å². The molecule has 0 saturated heterocycles. The molecule has 2 N–H and O–H groups in total. The molecule has 1 heterocycles. The first-order chi connectivity index (χ1) is 10.2. The number of aliphatic hydroxyl groups excluding tert-OH is 1. The number of unbranched alkanes of at least 4 members (excludes halogenated alkanes) is 2. The van der Waals surface area contributed by atoms with Crippen molar-refractivity contribution in [3.63, 3.8) is 0 Å². The van der Waals surface area contributed by atoms with Crippen LogP contribution in [0, 0.1) is 0 Å². The van der Waals surface area contributed by atoms with Gasteiger partial charge in [0.05, 0.1) is 6.61 Å². The molecule has 1 rings (SSSR count). The van der Waals surface area contributed by atoms with Crippen LogP contribution in [0.4, 0.5) is 11.9 Å². The van der Waals surface area contributed by atoms with E-state index in [1.165, 1.54) is 0 Å². The lowest BCUT2D eigenvalue weighted by molar-refractivity contribution is 0.283. The summed E-state index contributed by atoms with van der Waals surface area (Å²) in [6.07, 6.45) is 3.72. The fourth-order valence-corrected chi connectivity index (χ4v) is 1.75. The summed E-state index contributed by atoms with van der Waals surface area (Å²) in [4.78, 5) is 15.0. The zero-order valence-electron chi connectivity index (χ0n) is 13.3. The van der Waals surface area contributed by atoms with Gasteiger partial charge in [0.1, 0.15) is 0 Å². The van der Waals surface area contributed by atoms with Crippen LogP contribution in [0.25, 0.3) is 0 Å². The monoisotopic (exact) mass is 297 g/mol. The molecule has 0 unspecified atom stereocenters. The van der Waals surface area contributed by atoms with Crippen molar-refractivity contribution >= 4 is 11.9 Å². The highest BCUT2D eigenvalue weighted by Crippen LogP contribution is 2.15. The molecule has 0 saturated carbocycles. The van der Waals surface area contributed by atoms with Crippen molar-refractivity contribution in [3.05, 3.63) is 0 Å². The number of nitrogens with zero attached hydrogens (tertiary/aromatic N) is 4. The Kier molecular flexibility index (Phi) is 8.42. The summed E-state index contributed by atoms with van der Waals surface area (Å²) in [5, 5.41) is 11.9. The fraction of sp³-hybridized carbons (Fsp3) is 0.786. The molecule has 0 atom stereocenters. The second-order valence-corrected chi connectivity index (χ2v) is 4.83. The summed E-state index contributed by atoms with van der Waals surface area (Å²) < 4.78 is 5.51. The van der Waals surface area contributed by atoms with Gasteiger partial charge >= 0.3 is 6.01 Å². The number of hydrogen-bond donors (Lipinski definition) is 2. The third kappa shape index (κ3) is 6.57. The number of aromatic nitrogens is 3. The van der Waals surface area contributed by atoms with Crippen LogP contribution >= 0.6 is 0 Å². The fourth-order valence-electron chi connectivity index (χ4n) is 1.75. The SMILES string of the molecule is CCCOc1nc(NCC)nc(N(C)CCCCCO)n1. The van der Waals surface area contributed by atoms with Crippen molar-refractivity contribution in [3.8, 4) is 6.01 Å². The van der Waals surface area contributed by atoms with E-state index in [1.807, 2.05) is 25.8 Å². The summed E-state index contributed by atoms with van der Waals surface area (Å²) in [6.45, 7) is 6.46. The molecule has 0 amide bonds. The van der Waals surface area contributed by atoms with E-state index in [0.29, 0.717) is 24.5 Å². The third-order valence-corrected chi connectivity index (χ3v) is 2.87. The van der Waals surface area contributed by atoms with Gasteiger partial charge in [0.25, 0.3) is 0 Å². The number of hydrogen-bond acceptors (Lipinski definition) is 7. The summed E-state index contributed by atoms with van der Waals surface area (Å²) in [5.74, 6) is 1.15.